The van der Waals surface area contributed by atoms with Gasteiger partial charge in [-0.15, -0.1) is 0 Å². The molecule has 0 aliphatic carbocycles. The van der Waals surface area contributed by atoms with Gasteiger partial charge in [0.2, 0.25) is 0 Å². The van der Waals surface area contributed by atoms with Crippen molar-refractivity contribution in [3.05, 3.63) is 30.0 Å². The van der Waals surface area contributed by atoms with Crippen LogP contribution in [0.4, 0.5) is 4.39 Å². The first-order valence-electron chi connectivity index (χ1n) is 3.39. The molecule has 2 rings (SSSR count). The first-order chi connectivity index (χ1) is 5.42. The van der Waals surface area contributed by atoms with Crippen molar-refractivity contribution >= 4 is 10.9 Å². The number of hydrogen-bond acceptors (Lipinski definition) is 1. The summed E-state index contributed by atoms with van der Waals surface area (Å²) in [6.45, 7) is -0.434. The zero-order valence-corrected chi connectivity index (χ0v) is 5.84. The number of aromatic amines is 1. The molecule has 2 nitrogen and oxygen atoms in total. The van der Waals surface area contributed by atoms with Gasteiger partial charge >= 0.3 is 0 Å². The van der Waals surface area contributed by atoms with Crippen LogP contribution in [-0.4, -0.2) is 10.2 Å². The van der Waals surface area contributed by atoms with Gasteiger partial charge in [0.25, 0.3) is 0 Å². The molecule has 0 radical (unpaired) electrons. The number of hydrogen-bond donors (Lipinski definition) is 1. The molecule has 1 aromatic carbocycles. The summed E-state index contributed by atoms with van der Waals surface area (Å²) in [7, 11) is 0. The van der Waals surface area contributed by atoms with E-state index in [0.717, 1.165) is 10.9 Å². The lowest BCUT2D eigenvalue weighted by Crippen LogP contribution is -1.77. The SMILES string of the molecule is FCc1cccc2[nH]ncc12. The second-order valence-corrected chi connectivity index (χ2v) is 2.38. The second-order valence-electron chi connectivity index (χ2n) is 2.38. The zero-order chi connectivity index (χ0) is 7.68. The van der Waals surface area contributed by atoms with Crippen molar-refractivity contribution in [2.75, 3.05) is 0 Å². The second kappa shape index (κ2) is 2.34. The first kappa shape index (κ1) is 6.34. The maximum atomic E-state index is 12.3. The molecule has 0 atom stereocenters. The monoisotopic (exact) mass is 150 g/mol. The Bertz CT molecular complexity index is 367. The van der Waals surface area contributed by atoms with E-state index in [0.29, 0.717) is 5.56 Å². The van der Waals surface area contributed by atoms with Crippen LogP contribution in [0.3, 0.4) is 0 Å². The topological polar surface area (TPSA) is 28.7 Å². The number of nitrogens with zero attached hydrogens (tertiary/aromatic N) is 1. The van der Waals surface area contributed by atoms with Crippen LogP contribution >= 0.6 is 0 Å². The molecule has 1 heterocycles. The van der Waals surface area contributed by atoms with E-state index in [1.54, 1.807) is 12.3 Å². The number of rotatable bonds is 1. The average molecular weight is 150 g/mol. The van der Waals surface area contributed by atoms with Crippen LogP contribution < -0.4 is 0 Å². The fourth-order valence-corrected chi connectivity index (χ4v) is 1.15. The van der Waals surface area contributed by atoms with Crippen LogP contribution in [0.25, 0.3) is 10.9 Å². The molecule has 0 spiro atoms. The van der Waals surface area contributed by atoms with Crippen molar-refractivity contribution in [1.82, 2.24) is 10.2 Å². The highest BCUT2D eigenvalue weighted by atomic mass is 19.1. The number of nitrogens with one attached hydrogen (secondary N) is 1. The highest BCUT2D eigenvalue weighted by molar-refractivity contribution is 5.81. The molecule has 0 fully saturated rings. The minimum Gasteiger partial charge on any atom is -0.278 e. The van der Waals surface area contributed by atoms with Crippen LogP contribution in [-0.2, 0) is 6.67 Å². The Morgan fingerprint density at radius 3 is 3.18 bits per heavy atom. The number of H-pyrrole nitrogens is 1. The van der Waals surface area contributed by atoms with E-state index < -0.39 is 6.67 Å². The third kappa shape index (κ3) is 0.888. The lowest BCUT2D eigenvalue weighted by Gasteiger charge is -1.93. The summed E-state index contributed by atoms with van der Waals surface area (Å²) in [6.07, 6.45) is 1.64. The van der Waals surface area contributed by atoms with Gasteiger partial charge in [-0.2, -0.15) is 5.10 Å². The van der Waals surface area contributed by atoms with Crippen molar-refractivity contribution in [1.29, 1.82) is 0 Å². The summed E-state index contributed by atoms with van der Waals surface area (Å²) in [4.78, 5) is 0. The van der Waals surface area contributed by atoms with E-state index >= 15 is 0 Å². The molecule has 0 amide bonds. The molecule has 0 saturated carbocycles. The third-order valence-electron chi connectivity index (χ3n) is 1.72. The predicted molar refractivity (Wildman–Crippen MR) is 40.9 cm³/mol. The Kier molecular flexibility index (Phi) is 1.35. The predicted octanol–water partition coefficient (Wildman–Crippen LogP) is 2.03. The van der Waals surface area contributed by atoms with E-state index in [2.05, 4.69) is 10.2 Å². The van der Waals surface area contributed by atoms with E-state index in [9.17, 15) is 4.39 Å². The molecule has 1 aromatic heterocycles. The molecule has 11 heavy (non-hydrogen) atoms. The molecule has 56 valence electrons. The van der Waals surface area contributed by atoms with Gasteiger partial charge in [-0.05, 0) is 11.6 Å². The fourth-order valence-electron chi connectivity index (χ4n) is 1.15. The summed E-state index contributed by atoms with van der Waals surface area (Å²) in [5.74, 6) is 0. The maximum Gasteiger partial charge on any atom is 0.115 e. The number of aromatic nitrogens is 2. The van der Waals surface area contributed by atoms with E-state index in [4.69, 9.17) is 0 Å². The van der Waals surface area contributed by atoms with Gasteiger partial charge in [0.05, 0.1) is 11.7 Å². The molecular formula is C8H7FN2. The Morgan fingerprint density at radius 2 is 2.36 bits per heavy atom. The number of halogens is 1. The smallest absolute Gasteiger partial charge is 0.115 e. The molecular weight excluding hydrogens is 143 g/mol. The maximum absolute atomic E-state index is 12.3. The fraction of sp³-hybridized carbons (Fsp3) is 0.125. The molecule has 0 aliphatic heterocycles. The van der Waals surface area contributed by atoms with Crippen LogP contribution in [0.1, 0.15) is 5.56 Å². The summed E-state index contributed by atoms with van der Waals surface area (Å²) in [6, 6.07) is 5.45. The van der Waals surface area contributed by atoms with Crippen molar-refractivity contribution in [3.8, 4) is 0 Å². The van der Waals surface area contributed by atoms with Crippen LogP contribution in [0, 0.1) is 0 Å². The van der Waals surface area contributed by atoms with Gasteiger partial charge in [0.15, 0.2) is 0 Å². The van der Waals surface area contributed by atoms with Gasteiger partial charge < -0.3 is 0 Å². The highest BCUT2D eigenvalue weighted by Gasteiger charge is 1.99. The van der Waals surface area contributed by atoms with E-state index in [-0.39, 0.29) is 0 Å². The summed E-state index contributed by atoms with van der Waals surface area (Å²) >= 11 is 0. The van der Waals surface area contributed by atoms with Crippen molar-refractivity contribution in [3.63, 3.8) is 0 Å². The summed E-state index contributed by atoms with van der Waals surface area (Å²) in [5, 5.41) is 7.47. The molecule has 1 N–H and O–H groups in total. The zero-order valence-electron chi connectivity index (χ0n) is 5.84. The van der Waals surface area contributed by atoms with Crippen molar-refractivity contribution in [2.45, 2.75) is 6.67 Å². The molecule has 2 aromatic rings. The average Bonchev–Trinajstić information content (AvgIpc) is 2.50. The minimum absolute atomic E-state index is 0.434. The Balaban J connectivity index is 2.79. The number of alkyl halides is 1. The standard InChI is InChI=1S/C8H7FN2/c9-4-6-2-1-3-8-7(6)5-10-11-8/h1-3,5H,4H2,(H,10,11). The molecule has 3 heteroatoms. The quantitative estimate of drug-likeness (QED) is 0.662. The van der Waals surface area contributed by atoms with Gasteiger partial charge in [-0.1, -0.05) is 12.1 Å². The Hall–Kier alpha value is -1.38. The van der Waals surface area contributed by atoms with Gasteiger partial charge in [0.1, 0.15) is 6.67 Å². The first-order valence-corrected chi connectivity index (χ1v) is 3.39. The van der Waals surface area contributed by atoms with Crippen LogP contribution in [0.2, 0.25) is 0 Å². The summed E-state index contributed by atoms with van der Waals surface area (Å²) < 4.78 is 12.3. The number of benzene rings is 1. The van der Waals surface area contributed by atoms with Crippen LogP contribution in [0.5, 0.6) is 0 Å². The lowest BCUT2D eigenvalue weighted by atomic mass is 10.1. The molecule has 0 unspecified atom stereocenters. The lowest BCUT2D eigenvalue weighted by molar-refractivity contribution is 0.488. The minimum atomic E-state index is -0.434. The highest BCUT2D eigenvalue weighted by Crippen LogP contribution is 2.16. The number of fused-ring (bicyclic) bond motifs is 1. The Labute approximate surface area is 63.0 Å². The summed E-state index contributed by atoms with van der Waals surface area (Å²) in [5.41, 5.74) is 1.58. The van der Waals surface area contributed by atoms with Crippen molar-refractivity contribution < 1.29 is 4.39 Å². The van der Waals surface area contributed by atoms with Gasteiger partial charge in [-0.25, -0.2) is 4.39 Å². The third-order valence-corrected chi connectivity index (χ3v) is 1.72. The molecule has 0 saturated heterocycles. The van der Waals surface area contributed by atoms with Gasteiger partial charge in [0, 0.05) is 5.39 Å². The largest absolute Gasteiger partial charge is 0.278 e. The van der Waals surface area contributed by atoms with E-state index in [1.807, 2.05) is 12.1 Å². The van der Waals surface area contributed by atoms with Gasteiger partial charge in [-0.3, -0.25) is 5.10 Å². The Morgan fingerprint density at radius 1 is 1.45 bits per heavy atom. The molecule has 0 bridgehead atoms. The van der Waals surface area contributed by atoms with Crippen molar-refractivity contribution in [2.24, 2.45) is 0 Å². The normalized spacial score (nSPS) is 10.6. The molecule has 0 aliphatic rings. The van der Waals surface area contributed by atoms with E-state index in [1.165, 1.54) is 0 Å². The van der Waals surface area contributed by atoms with Crippen LogP contribution in [0.15, 0.2) is 24.4 Å².